The zero-order valence-corrected chi connectivity index (χ0v) is 10.0. The van der Waals surface area contributed by atoms with Gasteiger partial charge in [-0.25, -0.2) is 0 Å². The van der Waals surface area contributed by atoms with Gasteiger partial charge in [0.2, 0.25) is 0 Å². The average Bonchev–Trinajstić information content (AvgIpc) is 2.53. The smallest absolute Gasteiger partial charge is 0.162 e. The van der Waals surface area contributed by atoms with Crippen LogP contribution in [0.3, 0.4) is 0 Å². The maximum Gasteiger partial charge on any atom is 0.162 e. The number of fused-ring (bicyclic) bond motifs is 1. The number of aryl methyl sites for hydroxylation is 1. The Morgan fingerprint density at radius 2 is 2.25 bits per heavy atom. The van der Waals surface area contributed by atoms with Crippen LogP contribution >= 0.6 is 0 Å². The predicted octanol–water partition coefficient (Wildman–Crippen LogP) is 3.36. The fraction of sp³-hybridized carbons (Fsp3) is 0.357. The molecule has 2 heteroatoms. The first-order chi connectivity index (χ1) is 7.66. The Bertz CT molecular complexity index is 537. The van der Waals surface area contributed by atoms with Crippen molar-refractivity contribution in [3.8, 4) is 0 Å². The summed E-state index contributed by atoms with van der Waals surface area (Å²) in [6, 6.07) is 8.89. The van der Waals surface area contributed by atoms with Crippen molar-refractivity contribution in [2.45, 2.75) is 33.7 Å². The number of rotatable bonds is 3. The first-order valence-electron chi connectivity index (χ1n) is 5.66. The van der Waals surface area contributed by atoms with E-state index in [0.29, 0.717) is 0 Å². The summed E-state index contributed by atoms with van der Waals surface area (Å²) in [7, 11) is 0. The van der Waals surface area contributed by atoms with Gasteiger partial charge in [-0.15, -0.1) is 0 Å². The first kappa shape index (κ1) is 10.9. The number of hydrogen-bond donors (Lipinski definition) is 0. The maximum atomic E-state index is 11.7. The van der Waals surface area contributed by atoms with Gasteiger partial charge in [0.25, 0.3) is 0 Å². The van der Waals surface area contributed by atoms with Gasteiger partial charge in [0.1, 0.15) is 0 Å². The lowest BCUT2D eigenvalue weighted by Crippen LogP contribution is -2.01. The van der Waals surface area contributed by atoms with Gasteiger partial charge < -0.3 is 4.57 Å². The number of nitrogens with zero attached hydrogens (tertiary/aromatic N) is 1. The van der Waals surface area contributed by atoms with Crippen molar-refractivity contribution in [2.75, 3.05) is 0 Å². The van der Waals surface area contributed by atoms with Crippen molar-refractivity contribution in [1.82, 2.24) is 4.57 Å². The van der Waals surface area contributed by atoms with Gasteiger partial charge in [-0.2, -0.15) is 0 Å². The molecule has 0 aliphatic carbocycles. The Balaban J connectivity index is 2.80. The molecule has 2 rings (SSSR count). The minimum atomic E-state index is 0.136. The highest BCUT2D eigenvalue weighted by molar-refractivity contribution is 6.08. The molecule has 0 aliphatic rings. The van der Waals surface area contributed by atoms with Crippen LogP contribution in [0.15, 0.2) is 18.2 Å². The Morgan fingerprint density at radius 1 is 1.50 bits per heavy atom. The van der Waals surface area contributed by atoms with E-state index in [-0.39, 0.29) is 5.78 Å². The van der Waals surface area contributed by atoms with Gasteiger partial charge in [0, 0.05) is 28.7 Å². The van der Waals surface area contributed by atoms with Gasteiger partial charge in [0.15, 0.2) is 5.78 Å². The molecule has 0 unspecified atom stereocenters. The number of carbonyl (C=O) groups is 1. The summed E-state index contributed by atoms with van der Waals surface area (Å²) in [5.41, 5.74) is 3.06. The normalized spacial score (nSPS) is 10.9. The van der Waals surface area contributed by atoms with Gasteiger partial charge in [-0.1, -0.05) is 13.0 Å². The van der Waals surface area contributed by atoms with Crippen LogP contribution in [0.1, 0.15) is 36.3 Å². The molecule has 2 aromatic rings. The first-order valence-corrected chi connectivity index (χ1v) is 5.66. The molecule has 0 atom stereocenters. The third-order valence-corrected chi connectivity index (χ3v) is 2.97. The van der Waals surface area contributed by atoms with E-state index in [1.807, 2.05) is 25.1 Å². The van der Waals surface area contributed by atoms with E-state index in [4.69, 9.17) is 0 Å². The quantitative estimate of drug-likeness (QED) is 0.718. The van der Waals surface area contributed by atoms with E-state index < -0.39 is 0 Å². The molecule has 83 valence electrons. The summed E-state index contributed by atoms with van der Waals surface area (Å²) in [4.78, 5) is 11.7. The second-order valence-electron chi connectivity index (χ2n) is 4.11. The third kappa shape index (κ3) is 1.54. The van der Waals surface area contributed by atoms with Crippen LogP contribution in [-0.4, -0.2) is 10.4 Å². The number of benzene rings is 1. The molecule has 0 fully saturated rings. The molecule has 0 spiro atoms. The lowest BCUT2D eigenvalue weighted by molar-refractivity contribution is 0.101. The molecule has 0 saturated carbocycles. The number of ketones is 1. The molecule has 1 aromatic heterocycles. The number of Topliss-reactive ketones (excluding diaryl/α,β-unsaturated/α-hetero) is 1. The van der Waals surface area contributed by atoms with Crippen LogP contribution in [0.2, 0.25) is 0 Å². The summed E-state index contributed by atoms with van der Waals surface area (Å²) in [6.07, 6.45) is 1.07. The molecule has 0 aliphatic heterocycles. The van der Waals surface area contributed by atoms with Crippen molar-refractivity contribution in [3.63, 3.8) is 0 Å². The van der Waals surface area contributed by atoms with Crippen molar-refractivity contribution in [3.05, 3.63) is 35.5 Å². The van der Waals surface area contributed by atoms with Gasteiger partial charge >= 0.3 is 0 Å². The summed E-state index contributed by atoms with van der Waals surface area (Å²) < 4.78 is 2.22. The number of hydrogen-bond acceptors (Lipinski definition) is 1. The second-order valence-corrected chi connectivity index (χ2v) is 4.11. The standard InChI is InChI=1S/C14H16NO/c1-4-9-15-10(2)14(11(3)16)12-7-5-6-8-13(12)15/h6-8H,4,9H2,1-3H3. The summed E-state index contributed by atoms with van der Waals surface area (Å²) in [5, 5.41) is 1.03. The molecule has 1 radical (unpaired) electrons. The Kier molecular flexibility index (Phi) is 2.82. The molecular formula is C14H16NO. The van der Waals surface area contributed by atoms with Crippen molar-refractivity contribution >= 4 is 16.7 Å². The highest BCUT2D eigenvalue weighted by Crippen LogP contribution is 2.26. The summed E-state index contributed by atoms with van der Waals surface area (Å²) in [5.74, 6) is 0.136. The van der Waals surface area contributed by atoms with Crippen LogP contribution in [-0.2, 0) is 6.54 Å². The Labute approximate surface area is 95.9 Å². The Morgan fingerprint density at radius 3 is 2.88 bits per heavy atom. The zero-order valence-electron chi connectivity index (χ0n) is 10.0. The largest absolute Gasteiger partial charge is 0.344 e. The van der Waals surface area contributed by atoms with Crippen LogP contribution in [0.5, 0.6) is 0 Å². The van der Waals surface area contributed by atoms with Crippen molar-refractivity contribution in [2.24, 2.45) is 0 Å². The molecule has 0 saturated heterocycles. The fourth-order valence-corrected chi connectivity index (χ4v) is 2.32. The topological polar surface area (TPSA) is 22.0 Å². The molecule has 1 aromatic carbocycles. The van der Waals surface area contributed by atoms with E-state index in [0.717, 1.165) is 35.1 Å². The zero-order chi connectivity index (χ0) is 11.7. The fourth-order valence-electron chi connectivity index (χ4n) is 2.32. The lowest BCUT2D eigenvalue weighted by Gasteiger charge is -2.05. The minimum Gasteiger partial charge on any atom is -0.344 e. The summed E-state index contributed by atoms with van der Waals surface area (Å²) in [6.45, 7) is 6.75. The third-order valence-electron chi connectivity index (χ3n) is 2.97. The van der Waals surface area contributed by atoms with Gasteiger partial charge in [-0.05, 0) is 38.5 Å². The number of aromatic nitrogens is 1. The number of carbonyl (C=O) groups excluding carboxylic acids is 1. The van der Waals surface area contributed by atoms with Gasteiger partial charge in [0.05, 0.1) is 0 Å². The van der Waals surface area contributed by atoms with E-state index in [9.17, 15) is 4.79 Å². The minimum absolute atomic E-state index is 0.136. The van der Waals surface area contributed by atoms with E-state index in [1.54, 1.807) is 6.92 Å². The monoisotopic (exact) mass is 214 g/mol. The van der Waals surface area contributed by atoms with Crippen molar-refractivity contribution in [1.29, 1.82) is 0 Å². The Hall–Kier alpha value is -1.57. The van der Waals surface area contributed by atoms with Crippen LogP contribution < -0.4 is 0 Å². The maximum absolute atomic E-state index is 11.7. The van der Waals surface area contributed by atoms with Crippen LogP contribution in [0, 0.1) is 13.0 Å². The molecule has 0 bridgehead atoms. The summed E-state index contributed by atoms with van der Waals surface area (Å²) >= 11 is 0. The highest BCUT2D eigenvalue weighted by atomic mass is 16.1. The molecule has 16 heavy (non-hydrogen) atoms. The molecule has 1 heterocycles. The molecule has 0 amide bonds. The SMILES string of the molecule is CCCn1c(C)c(C(C)=O)c2c[c]ccc21. The molecule has 0 N–H and O–H groups in total. The van der Waals surface area contributed by atoms with Crippen LogP contribution in [0.4, 0.5) is 0 Å². The second kappa shape index (κ2) is 4.12. The predicted molar refractivity (Wildman–Crippen MR) is 65.8 cm³/mol. The van der Waals surface area contributed by atoms with E-state index in [1.165, 1.54) is 0 Å². The average molecular weight is 214 g/mol. The van der Waals surface area contributed by atoms with Crippen LogP contribution in [0.25, 0.3) is 10.9 Å². The van der Waals surface area contributed by atoms with E-state index >= 15 is 0 Å². The lowest BCUT2D eigenvalue weighted by atomic mass is 10.1. The van der Waals surface area contributed by atoms with Gasteiger partial charge in [-0.3, -0.25) is 4.79 Å². The molecule has 2 nitrogen and oxygen atoms in total. The molecular weight excluding hydrogens is 198 g/mol. The van der Waals surface area contributed by atoms with Crippen molar-refractivity contribution < 1.29 is 4.79 Å². The van der Waals surface area contributed by atoms with E-state index in [2.05, 4.69) is 17.6 Å². The highest BCUT2D eigenvalue weighted by Gasteiger charge is 2.15.